The van der Waals surface area contributed by atoms with E-state index in [1.807, 2.05) is 12.1 Å². The molecular weight excluding hydrogens is 502 g/mol. The monoisotopic (exact) mass is 534 g/mol. The van der Waals surface area contributed by atoms with Crippen LogP contribution in [0.3, 0.4) is 0 Å². The zero-order valence-corrected chi connectivity index (χ0v) is 21.7. The quantitative estimate of drug-likeness (QED) is 0.458. The number of nitrogens with one attached hydrogen (secondary N) is 1. The van der Waals surface area contributed by atoms with Gasteiger partial charge in [-0.25, -0.2) is 28.1 Å². The van der Waals surface area contributed by atoms with Crippen molar-refractivity contribution in [2.75, 3.05) is 13.1 Å². The Morgan fingerprint density at radius 3 is 2.33 bits per heavy atom. The number of imide groups is 1. The molecule has 0 bridgehead atoms. The first kappa shape index (κ1) is 25.8. The molecule has 1 unspecified atom stereocenters. The van der Waals surface area contributed by atoms with Crippen molar-refractivity contribution in [1.82, 2.24) is 15.1 Å². The maximum Gasteiger partial charge on any atom is 0.419 e. The first-order chi connectivity index (χ1) is 18.9. The molecule has 9 heteroatoms. The predicted octanol–water partition coefficient (Wildman–Crippen LogP) is 6.30. The molecule has 6 rings (SSSR count). The molecule has 3 amide bonds. The van der Waals surface area contributed by atoms with Gasteiger partial charge in [-0.15, -0.1) is 0 Å². The lowest BCUT2D eigenvalue weighted by Gasteiger charge is -2.35. The molecule has 4 fully saturated rings. The van der Waals surface area contributed by atoms with Gasteiger partial charge in [-0.1, -0.05) is 30.3 Å². The van der Waals surface area contributed by atoms with Crippen LogP contribution in [0.4, 0.5) is 24.1 Å². The molecule has 2 aliphatic carbocycles. The first-order valence-electron chi connectivity index (χ1n) is 13.9. The smallest absolute Gasteiger partial charge is 0.419 e. The van der Waals surface area contributed by atoms with E-state index in [0.29, 0.717) is 29.8 Å². The lowest BCUT2D eigenvalue weighted by Crippen LogP contribution is -2.48. The van der Waals surface area contributed by atoms with E-state index >= 15 is 0 Å². The van der Waals surface area contributed by atoms with Crippen molar-refractivity contribution in [1.29, 1.82) is 0 Å². The van der Waals surface area contributed by atoms with Crippen molar-refractivity contribution in [2.45, 2.75) is 75.1 Å². The fraction of sp³-hybridized carbons (Fsp3) is 0.500. The van der Waals surface area contributed by atoms with Crippen molar-refractivity contribution in [3.63, 3.8) is 0 Å². The molecule has 2 aromatic carbocycles. The first-order valence-corrected chi connectivity index (χ1v) is 13.9. The number of halogens is 2. The van der Waals surface area contributed by atoms with Crippen LogP contribution in [0.1, 0.15) is 68.0 Å². The maximum absolute atomic E-state index is 14.1. The van der Waals surface area contributed by atoms with Gasteiger partial charge in [0.1, 0.15) is 12.1 Å². The molecule has 0 aromatic heterocycles. The van der Waals surface area contributed by atoms with Gasteiger partial charge in [-0.2, -0.15) is 0 Å². The fourth-order valence-corrected chi connectivity index (χ4v) is 6.60. The van der Waals surface area contributed by atoms with Crippen LogP contribution < -0.4 is 5.32 Å². The zero-order chi connectivity index (χ0) is 27.1. The predicted molar refractivity (Wildman–Crippen MR) is 140 cm³/mol. The van der Waals surface area contributed by atoms with Crippen molar-refractivity contribution in [2.24, 2.45) is 5.92 Å². The third-order valence-corrected chi connectivity index (χ3v) is 8.87. The number of carbonyl (C=O) groups excluding carboxylic acids is 2. The van der Waals surface area contributed by atoms with Crippen molar-refractivity contribution in [3.05, 3.63) is 76.6 Å². The number of cyclic esters (lactones) is 1. The van der Waals surface area contributed by atoms with E-state index in [4.69, 9.17) is 11.3 Å². The molecule has 2 aliphatic heterocycles. The highest BCUT2D eigenvalue weighted by atomic mass is 19.2. The van der Waals surface area contributed by atoms with Crippen LogP contribution in [0.5, 0.6) is 0 Å². The summed E-state index contributed by atoms with van der Waals surface area (Å²) < 4.78 is 33.2. The Morgan fingerprint density at radius 2 is 1.67 bits per heavy atom. The van der Waals surface area contributed by atoms with Gasteiger partial charge in [0.2, 0.25) is 0 Å². The lowest BCUT2D eigenvalue weighted by atomic mass is 9.81. The van der Waals surface area contributed by atoms with E-state index in [0.717, 1.165) is 68.5 Å². The zero-order valence-electron chi connectivity index (χ0n) is 21.7. The number of ether oxygens (including phenoxy) is 1. The number of likely N-dealkylation sites (tertiary alicyclic amines) is 1. The summed E-state index contributed by atoms with van der Waals surface area (Å²) in [7, 11) is 0. The van der Waals surface area contributed by atoms with Gasteiger partial charge in [0.15, 0.2) is 17.3 Å². The van der Waals surface area contributed by atoms with E-state index in [-0.39, 0.29) is 12.0 Å². The minimum absolute atomic E-state index is 0.102. The van der Waals surface area contributed by atoms with Gasteiger partial charge in [-0.05, 0) is 80.0 Å². The summed E-state index contributed by atoms with van der Waals surface area (Å²) in [6, 6.07) is 10.5. The Kier molecular flexibility index (Phi) is 6.98. The second kappa shape index (κ2) is 10.6. The van der Waals surface area contributed by atoms with Gasteiger partial charge in [0.05, 0.1) is 6.57 Å². The van der Waals surface area contributed by atoms with Crippen LogP contribution in [0.2, 0.25) is 0 Å². The SMILES string of the molecule is [C-]#[N+]c1ccc(C2CCC(N3CCC(NC(=O)N4C(=O)O[C@@H](C5CC5)[C@@H]4c4ccc(F)c(F)c4)C3)CC2)cc1. The van der Waals surface area contributed by atoms with Crippen molar-refractivity contribution >= 4 is 17.8 Å². The molecule has 2 heterocycles. The second-order valence-corrected chi connectivity index (χ2v) is 11.3. The molecule has 2 saturated carbocycles. The normalized spacial score (nSPS) is 29.2. The van der Waals surface area contributed by atoms with E-state index < -0.39 is 35.9 Å². The van der Waals surface area contributed by atoms with Gasteiger partial charge in [0, 0.05) is 25.2 Å². The molecule has 0 radical (unpaired) electrons. The van der Waals surface area contributed by atoms with Gasteiger partial charge < -0.3 is 10.1 Å². The average Bonchev–Trinajstić information content (AvgIpc) is 3.59. The second-order valence-electron chi connectivity index (χ2n) is 11.3. The highest BCUT2D eigenvalue weighted by Gasteiger charge is 2.52. The van der Waals surface area contributed by atoms with E-state index in [1.165, 1.54) is 11.6 Å². The third kappa shape index (κ3) is 5.22. The van der Waals surface area contributed by atoms with Crippen LogP contribution >= 0.6 is 0 Å². The summed E-state index contributed by atoms with van der Waals surface area (Å²) in [5, 5.41) is 3.02. The summed E-state index contributed by atoms with van der Waals surface area (Å²) in [5.41, 5.74) is 2.32. The van der Waals surface area contributed by atoms with Crippen LogP contribution in [0, 0.1) is 24.1 Å². The molecule has 2 saturated heterocycles. The Labute approximate surface area is 226 Å². The van der Waals surface area contributed by atoms with Crippen LogP contribution in [-0.2, 0) is 4.74 Å². The summed E-state index contributed by atoms with van der Waals surface area (Å²) in [5.74, 6) is -1.36. The molecule has 0 spiro atoms. The Balaban J connectivity index is 1.07. The van der Waals surface area contributed by atoms with Gasteiger partial charge >= 0.3 is 12.1 Å². The average molecular weight is 535 g/mol. The summed E-state index contributed by atoms with van der Waals surface area (Å²) in [6.07, 6.45) is 5.58. The summed E-state index contributed by atoms with van der Waals surface area (Å²) in [6.45, 7) is 8.72. The molecule has 3 atom stereocenters. The molecule has 204 valence electrons. The Hall–Kier alpha value is -3.51. The van der Waals surface area contributed by atoms with Crippen molar-refractivity contribution in [3.8, 4) is 0 Å². The van der Waals surface area contributed by atoms with Gasteiger partial charge in [-0.3, -0.25) is 4.90 Å². The molecule has 1 N–H and O–H groups in total. The number of carbonyl (C=O) groups is 2. The molecular formula is C30H32F2N4O3. The third-order valence-electron chi connectivity index (χ3n) is 8.87. The maximum atomic E-state index is 14.1. The van der Waals surface area contributed by atoms with Crippen LogP contribution in [0.15, 0.2) is 42.5 Å². The van der Waals surface area contributed by atoms with Crippen LogP contribution in [0.25, 0.3) is 4.85 Å². The number of hydrogen-bond donors (Lipinski definition) is 1. The standard InChI is InChI=1S/C30H32F2N4O3/c1-33-22-9-4-18(5-10-22)19-6-11-24(12-7-19)35-15-14-23(17-35)34-29(37)36-27(21-8-13-25(31)26(32)16-21)28(20-2-3-20)39-30(36)38/h4-5,8-10,13,16,19-20,23-24,27-28H,2-3,6-7,11-12,14-15,17H2,(H,34,37)/t19?,23?,24?,27-,28-/m0/s1. The largest absolute Gasteiger partial charge is 0.443 e. The number of amides is 3. The number of rotatable bonds is 5. The Morgan fingerprint density at radius 1 is 0.949 bits per heavy atom. The van der Waals surface area contributed by atoms with Crippen LogP contribution in [-0.4, -0.2) is 53.2 Å². The fourth-order valence-electron chi connectivity index (χ4n) is 6.60. The van der Waals surface area contributed by atoms with E-state index in [2.05, 4.69) is 27.2 Å². The highest BCUT2D eigenvalue weighted by Crippen LogP contribution is 2.46. The molecule has 39 heavy (non-hydrogen) atoms. The van der Waals surface area contributed by atoms with Gasteiger partial charge in [0.25, 0.3) is 0 Å². The number of hydrogen-bond acceptors (Lipinski definition) is 4. The highest BCUT2D eigenvalue weighted by molar-refractivity contribution is 5.93. The summed E-state index contributed by atoms with van der Waals surface area (Å²) >= 11 is 0. The molecule has 2 aromatic rings. The van der Waals surface area contributed by atoms with Crippen molar-refractivity contribution < 1.29 is 23.1 Å². The molecule has 4 aliphatic rings. The summed E-state index contributed by atoms with van der Waals surface area (Å²) in [4.78, 5) is 33.2. The molecule has 7 nitrogen and oxygen atoms in total. The van der Waals surface area contributed by atoms with E-state index in [1.54, 1.807) is 0 Å². The number of nitrogens with zero attached hydrogens (tertiary/aromatic N) is 3. The topological polar surface area (TPSA) is 66.2 Å². The lowest BCUT2D eigenvalue weighted by molar-refractivity contribution is 0.118. The minimum atomic E-state index is -1.01. The number of urea groups is 1. The Bertz CT molecular complexity index is 1280. The van der Waals surface area contributed by atoms with E-state index in [9.17, 15) is 18.4 Å². The number of benzene rings is 2. The minimum Gasteiger partial charge on any atom is -0.443 e.